The zero-order chi connectivity index (χ0) is 17.4. The second-order valence-electron chi connectivity index (χ2n) is 5.55. The first-order valence-corrected chi connectivity index (χ1v) is 7.81. The van der Waals surface area contributed by atoms with Crippen LogP contribution in [0.2, 0.25) is 0 Å². The molecule has 126 valence electrons. The van der Waals surface area contributed by atoms with Crippen molar-refractivity contribution < 1.29 is 14.3 Å². The second-order valence-corrected chi connectivity index (χ2v) is 5.55. The largest absolute Gasteiger partial charge is 0.497 e. The van der Waals surface area contributed by atoms with E-state index in [0.29, 0.717) is 18.8 Å². The number of nitrogens with two attached hydrogens (primary N) is 1. The molecule has 0 saturated heterocycles. The molecule has 0 aliphatic rings. The number of rotatable bonds is 8. The Hall–Kier alpha value is -2.82. The predicted octanol–water partition coefficient (Wildman–Crippen LogP) is 2.14. The van der Waals surface area contributed by atoms with Crippen LogP contribution in [0.3, 0.4) is 0 Å². The van der Waals surface area contributed by atoms with Gasteiger partial charge in [-0.3, -0.25) is 9.59 Å². The highest BCUT2D eigenvalue weighted by Crippen LogP contribution is 2.15. The van der Waals surface area contributed by atoms with Crippen molar-refractivity contribution in [1.82, 2.24) is 4.90 Å². The van der Waals surface area contributed by atoms with E-state index >= 15 is 0 Å². The van der Waals surface area contributed by atoms with Gasteiger partial charge in [0.25, 0.3) is 0 Å². The molecule has 24 heavy (non-hydrogen) atoms. The van der Waals surface area contributed by atoms with Crippen molar-refractivity contribution in [3.63, 3.8) is 0 Å². The molecule has 0 saturated carbocycles. The third kappa shape index (κ3) is 5.43. The van der Waals surface area contributed by atoms with Crippen LogP contribution in [0.15, 0.2) is 54.6 Å². The third-order valence-corrected chi connectivity index (χ3v) is 3.69. The molecule has 0 bridgehead atoms. The molecule has 2 rings (SSSR count). The van der Waals surface area contributed by atoms with E-state index in [1.807, 2.05) is 54.6 Å². The smallest absolute Gasteiger partial charge is 0.227 e. The maximum Gasteiger partial charge on any atom is 0.227 e. The van der Waals surface area contributed by atoms with Crippen molar-refractivity contribution in [3.8, 4) is 5.75 Å². The van der Waals surface area contributed by atoms with Crippen LogP contribution >= 0.6 is 0 Å². The minimum atomic E-state index is -0.415. The Bertz CT molecular complexity index is 686. The Labute approximate surface area is 142 Å². The first kappa shape index (κ1) is 17.5. The number of carbonyl (C=O) groups is 2. The van der Waals surface area contributed by atoms with E-state index in [1.54, 1.807) is 12.0 Å². The van der Waals surface area contributed by atoms with Gasteiger partial charge in [-0.2, -0.15) is 0 Å². The lowest BCUT2D eigenvalue weighted by Crippen LogP contribution is -2.34. The van der Waals surface area contributed by atoms with E-state index in [9.17, 15) is 9.59 Å². The van der Waals surface area contributed by atoms with Gasteiger partial charge in [0, 0.05) is 19.5 Å². The van der Waals surface area contributed by atoms with Crippen LogP contribution in [0.4, 0.5) is 0 Å². The highest BCUT2D eigenvalue weighted by atomic mass is 16.5. The first-order valence-electron chi connectivity index (χ1n) is 7.81. The number of primary amides is 1. The summed E-state index contributed by atoms with van der Waals surface area (Å²) < 4.78 is 5.19. The van der Waals surface area contributed by atoms with Crippen molar-refractivity contribution >= 4 is 11.8 Å². The number of ether oxygens (including phenoxy) is 1. The minimum Gasteiger partial charge on any atom is -0.497 e. The van der Waals surface area contributed by atoms with Gasteiger partial charge in [0.05, 0.1) is 13.5 Å². The zero-order valence-electron chi connectivity index (χ0n) is 13.8. The second kappa shape index (κ2) is 8.72. The standard InChI is InChI=1S/C19H22N2O3/c1-24-17-9-5-8-16(12-17)13-19(23)21(11-10-18(20)22)14-15-6-3-2-4-7-15/h2-9,12H,10-11,13-14H2,1H3,(H2,20,22). The Morgan fingerprint density at radius 3 is 2.42 bits per heavy atom. The van der Waals surface area contributed by atoms with E-state index in [0.717, 1.165) is 11.1 Å². The van der Waals surface area contributed by atoms with Crippen LogP contribution in [0.5, 0.6) is 5.75 Å². The number of carbonyl (C=O) groups excluding carboxylic acids is 2. The molecule has 0 unspecified atom stereocenters. The Balaban J connectivity index is 2.09. The highest BCUT2D eigenvalue weighted by molar-refractivity contribution is 5.80. The lowest BCUT2D eigenvalue weighted by atomic mass is 10.1. The first-order chi connectivity index (χ1) is 11.6. The average Bonchev–Trinajstić information content (AvgIpc) is 2.59. The topological polar surface area (TPSA) is 72.6 Å². The normalized spacial score (nSPS) is 10.2. The Morgan fingerprint density at radius 1 is 1.04 bits per heavy atom. The monoisotopic (exact) mass is 326 g/mol. The molecule has 2 N–H and O–H groups in total. The fourth-order valence-corrected chi connectivity index (χ4v) is 2.41. The summed E-state index contributed by atoms with van der Waals surface area (Å²) in [6.45, 7) is 0.768. The van der Waals surface area contributed by atoms with E-state index < -0.39 is 5.91 Å². The van der Waals surface area contributed by atoms with E-state index in [2.05, 4.69) is 0 Å². The quantitative estimate of drug-likeness (QED) is 0.808. The molecular formula is C19H22N2O3. The van der Waals surface area contributed by atoms with Crippen LogP contribution in [0, 0.1) is 0 Å². The van der Waals surface area contributed by atoms with Crippen LogP contribution in [0.25, 0.3) is 0 Å². The fraction of sp³-hybridized carbons (Fsp3) is 0.263. The van der Waals surface area contributed by atoms with Crippen molar-refractivity contribution in [1.29, 1.82) is 0 Å². The minimum absolute atomic E-state index is 0.0478. The summed E-state index contributed by atoms with van der Waals surface area (Å²) in [6.07, 6.45) is 0.402. The third-order valence-electron chi connectivity index (χ3n) is 3.69. The van der Waals surface area contributed by atoms with Crippen LogP contribution < -0.4 is 10.5 Å². The van der Waals surface area contributed by atoms with Gasteiger partial charge in [-0.15, -0.1) is 0 Å². The number of nitrogens with zero attached hydrogens (tertiary/aromatic N) is 1. The van der Waals surface area contributed by atoms with Crippen molar-refractivity contribution in [2.75, 3.05) is 13.7 Å². The number of amides is 2. The molecule has 2 amide bonds. The molecule has 0 spiro atoms. The number of methoxy groups -OCH3 is 1. The van der Waals surface area contributed by atoms with Crippen LogP contribution in [-0.4, -0.2) is 30.4 Å². The number of hydrogen-bond acceptors (Lipinski definition) is 3. The summed E-state index contributed by atoms with van der Waals surface area (Å²) in [5.41, 5.74) is 7.12. The molecule has 0 atom stereocenters. The molecule has 5 nitrogen and oxygen atoms in total. The lowest BCUT2D eigenvalue weighted by molar-refractivity contribution is -0.131. The van der Waals surface area contributed by atoms with Crippen molar-refractivity contribution in [2.45, 2.75) is 19.4 Å². The van der Waals surface area contributed by atoms with E-state index in [1.165, 1.54) is 0 Å². The Kier molecular flexibility index (Phi) is 6.37. The molecule has 0 aliphatic heterocycles. The molecule has 5 heteroatoms. The van der Waals surface area contributed by atoms with Crippen molar-refractivity contribution in [3.05, 3.63) is 65.7 Å². The van der Waals surface area contributed by atoms with Crippen LogP contribution in [0.1, 0.15) is 17.5 Å². The van der Waals surface area contributed by atoms with Gasteiger partial charge in [-0.1, -0.05) is 42.5 Å². The maximum absolute atomic E-state index is 12.7. The molecule has 0 heterocycles. The summed E-state index contributed by atoms with van der Waals surface area (Å²) in [5.74, 6) is 0.252. The van der Waals surface area contributed by atoms with Gasteiger partial charge in [0.2, 0.25) is 11.8 Å². The predicted molar refractivity (Wildman–Crippen MR) is 92.4 cm³/mol. The van der Waals surface area contributed by atoms with Gasteiger partial charge in [-0.25, -0.2) is 0 Å². The SMILES string of the molecule is COc1cccc(CC(=O)N(CCC(N)=O)Cc2ccccc2)c1. The molecule has 0 fully saturated rings. The molecule has 0 radical (unpaired) electrons. The van der Waals surface area contributed by atoms with Crippen LogP contribution in [-0.2, 0) is 22.6 Å². The van der Waals surface area contributed by atoms with Gasteiger partial charge in [0.15, 0.2) is 0 Å². The maximum atomic E-state index is 12.7. The van der Waals surface area contributed by atoms with Gasteiger partial charge in [-0.05, 0) is 23.3 Å². The molecule has 0 aliphatic carbocycles. The molecule has 2 aromatic rings. The van der Waals surface area contributed by atoms with Gasteiger partial charge in [0.1, 0.15) is 5.75 Å². The molecular weight excluding hydrogens is 304 g/mol. The summed E-state index contributed by atoms with van der Waals surface area (Å²) in [5, 5.41) is 0. The van der Waals surface area contributed by atoms with Crippen molar-refractivity contribution in [2.24, 2.45) is 5.73 Å². The highest BCUT2D eigenvalue weighted by Gasteiger charge is 2.15. The van der Waals surface area contributed by atoms with E-state index in [4.69, 9.17) is 10.5 Å². The Morgan fingerprint density at radius 2 is 1.75 bits per heavy atom. The fourth-order valence-electron chi connectivity index (χ4n) is 2.41. The molecule has 2 aromatic carbocycles. The summed E-state index contributed by atoms with van der Waals surface area (Å²) >= 11 is 0. The lowest BCUT2D eigenvalue weighted by Gasteiger charge is -2.22. The number of hydrogen-bond donors (Lipinski definition) is 1. The number of benzene rings is 2. The van der Waals surface area contributed by atoms with E-state index in [-0.39, 0.29) is 18.7 Å². The average molecular weight is 326 g/mol. The van der Waals surface area contributed by atoms with Gasteiger partial charge < -0.3 is 15.4 Å². The van der Waals surface area contributed by atoms with Gasteiger partial charge >= 0.3 is 0 Å². The summed E-state index contributed by atoms with van der Waals surface area (Å²) in [6, 6.07) is 17.1. The summed E-state index contributed by atoms with van der Waals surface area (Å²) in [4.78, 5) is 25.4. The molecule has 0 aromatic heterocycles. The zero-order valence-corrected chi connectivity index (χ0v) is 13.8. The summed E-state index contributed by atoms with van der Waals surface area (Å²) in [7, 11) is 1.59.